The molecule has 1 aliphatic heterocycles. The van der Waals surface area contributed by atoms with Gasteiger partial charge in [-0.05, 0) is 30.5 Å². The smallest absolute Gasteiger partial charge is 0.308 e. The van der Waals surface area contributed by atoms with Crippen molar-refractivity contribution in [2.24, 2.45) is 5.92 Å². The Labute approximate surface area is 157 Å². The van der Waals surface area contributed by atoms with Gasteiger partial charge < -0.3 is 19.9 Å². The van der Waals surface area contributed by atoms with E-state index in [1.54, 1.807) is 13.1 Å². The summed E-state index contributed by atoms with van der Waals surface area (Å²) in [5.74, 6) is -1.92. The molecule has 7 nitrogen and oxygen atoms in total. The fourth-order valence-corrected chi connectivity index (χ4v) is 3.29. The number of carbonyl (C=O) groups excluding carboxylic acids is 2. The maximum absolute atomic E-state index is 12.6. The predicted octanol–water partition coefficient (Wildman–Crippen LogP) is 2.08. The minimum Gasteiger partial charge on any atom is -0.481 e. The average molecular weight is 369 g/mol. The monoisotopic (exact) mass is 369 g/mol. The number of rotatable bonds is 5. The van der Waals surface area contributed by atoms with Crippen LogP contribution in [-0.4, -0.2) is 64.4 Å². The molecule has 1 atom stereocenters. The first-order valence-electron chi connectivity index (χ1n) is 8.96. The van der Waals surface area contributed by atoms with E-state index in [0.29, 0.717) is 25.1 Å². The lowest BCUT2D eigenvalue weighted by Gasteiger charge is -2.32. The van der Waals surface area contributed by atoms with Crippen LogP contribution in [0.3, 0.4) is 0 Å². The predicted molar refractivity (Wildman–Crippen MR) is 100 cm³/mol. The summed E-state index contributed by atoms with van der Waals surface area (Å²) in [5.41, 5.74) is 2.22. The third-order valence-electron chi connectivity index (χ3n) is 4.84. The quantitative estimate of drug-likeness (QED) is 0.844. The second kappa shape index (κ2) is 8.07. The zero-order valence-electron chi connectivity index (χ0n) is 15.2. The highest BCUT2D eigenvalue weighted by Crippen LogP contribution is 2.19. The van der Waals surface area contributed by atoms with Crippen molar-refractivity contribution in [2.75, 3.05) is 26.7 Å². The summed E-state index contributed by atoms with van der Waals surface area (Å²) in [4.78, 5) is 42.2. The number of carbonyl (C=O) groups is 3. The van der Waals surface area contributed by atoms with E-state index in [4.69, 9.17) is 5.11 Å². The first kappa shape index (κ1) is 18.7. The van der Waals surface area contributed by atoms with Crippen LogP contribution in [0.1, 0.15) is 23.3 Å². The summed E-state index contributed by atoms with van der Waals surface area (Å²) in [6.45, 7) is 0.660. The van der Waals surface area contributed by atoms with Gasteiger partial charge in [-0.1, -0.05) is 30.3 Å². The molecule has 3 rings (SSSR count). The van der Waals surface area contributed by atoms with E-state index in [-0.39, 0.29) is 24.9 Å². The number of hydrogen-bond donors (Lipinski definition) is 2. The van der Waals surface area contributed by atoms with Gasteiger partial charge in [0.15, 0.2) is 0 Å². The van der Waals surface area contributed by atoms with E-state index in [2.05, 4.69) is 4.98 Å². The summed E-state index contributed by atoms with van der Waals surface area (Å²) in [6, 6.07) is 13.2. The van der Waals surface area contributed by atoms with Crippen LogP contribution in [0, 0.1) is 5.92 Å². The number of piperidine rings is 1. The van der Waals surface area contributed by atoms with Crippen LogP contribution in [0.25, 0.3) is 11.3 Å². The first-order chi connectivity index (χ1) is 13.0. The highest BCUT2D eigenvalue weighted by molar-refractivity contribution is 5.95. The van der Waals surface area contributed by atoms with Crippen molar-refractivity contribution < 1.29 is 19.5 Å². The van der Waals surface area contributed by atoms with Crippen LogP contribution in [0.15, 0.2) is 42.5 Å². The third kappa shape index (κ3) is 4.36. The number of hydrogen-bond acceptors (Lipinski definition) is 3. The van der Waals surface area contributed by atoms with Crippen molar-refractivity contribution >= 4 is 17.8 Å². The van der Waals surface area contributed by atoms with Gasteiger partial charge in [-0.3, -0.25) is 14.4 Å². The van der Waals surface area contributed by atoms with E-state index in [9.17, 15) is 14.4 Å². The minimum atomic E-state index is -0.878. The molecule has 1 aliphatic rings. The van der Waals surface area contributed by atoms with Crippen LogP contribution in [0.4, 0.5) is 0 Å². The van der Waals surface area contributed by atoms with Crippen LogP contribution in [0.2, 0.25) is 0 Å². The number of aliphatic carboxylic acids is 1. The van der Waals surface area contributed by atoms with Crippen LogP contribution in [-0.2, 0) is 9.59 Å². The second-order valence-corrected chi connectivity index (χ2v) is 6.83. The van der Waals surface area contributed by atoms with Crippen molar-refractivity contribution in [1.82, 2.24) is 14.8 Å². The lowest BCUT2D eigenvalue weighted by molar-refractivity contribution is -0.145. The highest BCUT2D eigenvalue weighted by Gasteiger charge is 2.29. The first-order valence-corrected chi connectivity index (χ1v) is 8.96. The molecule has 2 amide bonds. The molecule has 1 aromatic carbocycles. The number of likely N-dealkylation sites (N-methyl/N-ethyl adjacent to an activating group) is 1. The Balaban J connectivity index is 1.61. The van der Waals surface area contributed by atoms with Gasteiger partial charge in [-0.15, -0.1) is 0 Å². The van der Waals surface area contributed by atoms with Gasteiger partial charge in [-0.25, -0.2) is 0 Å². The molecule has 2 heterocycles. The molecule has 0 radical (unpaired) electrons. The summed E-state index contributed by atoms with van der Waals surface area (Å²) < 4.78 is 0. The molecule has 2 aromatic rings. The number of carboxylic acid groups (broad SMARTS) is 1. The molecule has 0 saturated carbocycles. The summed E-state index contributed by atoms with van der Waals surface area (Å²) in [5, 5.41) is 9.15. The number of carboxylic acids is 1. The maximum Gasteiger partial charge on any atom is 0.308 e. The summed E-state index contributed by atoms with van der Waals surface area (Å²) in [6.07, 6.45) is 1.25. The minimum absolute atomic E-state index is 0.0785. The molecule has 0 bridgehead atoms. The number of H-pyrrole nitrogens is 1. The van der Waals surface area contributed by atoms with Gasteiger partial charge >= 0.3 is 5.97 Å². The largest absolute Gasteiger partial charge is 0.481 e. The Morgan fingerprint density at radius 2 is 1.93 bits per heavy atom. The SMILES string of the molecule is CN(CC(=O)N1CCCC(C(=O)O)C1)C(=O)c1ccc(-c2ccccc2)[nH]1. The topological polar surface area (TPSA) is 93.7 Å². The fraction of sp³-hybridized carbons (Fsp3) is 0.350. The molecule has 1 aromatic heterocycles. The fourth-order valence-electron chi connectivity index (χ4n) is 3.29. The number of likely N-dealkylation sites (tertiary alicyclic amines) is 1. The van der Waals surface area contributed by atoms with Crippen molar-refractivity contribution in [3.63, 3.8) is 0 Å². The van der Waals surface area contributed by atoms with Gasteiger partial charge in [0.05, 0.1) is 12.5 Å². The lowest BCUT2D eigenvalue weighted by atomic mass is 9.98. The lowest BCUT2D eigenvalue weighted by Crippen LogP contribution is -2.46. The molecule has 27 heavy (non-hydrogen) atoms. The molecule has 0 aliphatic carbocycles. The molecule has 7 heteroatoms. The Bertz CT molecular complexity index is 831. The van der Waals surface area contributed by atoms with Crippen LogP contribution >= 0.6 is 0 Å². The van der Waals surface area contributed by atoms with Crippen molar-refractivity contribution in [3.8, 4) is 11.3 Å². The molecule has 1 fully saturated rings. The van der Waals surface area contributed by atoms with Gasteiger partial charge in [0.1, 0.15) is 5.69 Å². The molecule has 1 unspecified atom stereocenters. The molecular weight excluding hydrogens is 346 g/mol. The van der Waals surface area contributed by atoms with Crippen LogP contribution in [0.5, 0.6) is 0 Å². The number of amides is 2. The standard InChI is InChI=1S/C20H23N3O4/c1-22(13-18(24)23-11-5-8-15(12-23)20(26)27)19(25)17-10-9-16(21-17)14-6-3-2-4-7-14/h2-4,6-7,9-10,15,21H,5,8,11-13H2,1H3,(H,26,27). The normalized spacial score (nSPS) is 16.8. The number of aromatic amines is 1. The van der Waals surface area contributed by atoms with E-state index >= 15 is 0 Å². The summed E-state index contributed by atoms with van der Waals surface area (Å²) in [7, 11) is 1.57. The third-order valence-corrected chi connectivity index (χ3v) is 4.84. The van der Waals surface area contributed by atoms with E-state index in [1.165, 1.54) is 9.80 Å². The zero-order chi connectivity index (χ0) is 19.4. The number of benzene rings is 1. The molecule has 1 saturated heterocycles. The van der Waals surface area contributed by atoms with E-state index < -0.39 is 11.9 Å². The Morgan fingerprint density at radius 1 is 1.19 bits per heavy atom. The van der Waals surface area contributed by atoms with Crippen molar-refractivity contribution in [3.05, 3.63) is 48.2 Å². The number of nitrogens with zero attached hydrogens (tertiary/aromatic N) is 2. The number of aromatic nitrogens is 1. The second-order valence-electron chi connectivity index (χ2n) is 6.83. The highest BCUT2D eigenvalue weighted by atomic mass is 16.4. The molecule has 2 N–H and O–H groups in total. The average Bonchev–Trinajstić information content (AvgIpc) is 3.18. The van der Waals surface area contributed by atoms with E-state index in [0.717, 1.165) is 11.3 Å². The summed E-state index contributed by atoms with van der Waals surface area (Å²) >= 11 is 0. The molecule has 142 valence electrons. The van der Waals surface area contributed by atoms with Crippen LogP contribution < -0.4 is 0 Å². The van der Waals surface area contributed by atoms with Crippen molar-refractivity contribution in [2.45, 2.75) is 12.8 Å². The van der Waals surface area contributed by atoms with Gasteiger partial charge in [0, 0.05) is 25.8 Å². The molecular formula is C20H23N3O4. The van der Waals surface area contributed by atoms with Gasteiger partial charge in [0.25, 0.3) is 5.91 Å². The molecule has 0 spiro atoms. The van der Waals surface area contributed by atoms with Gasteiger partial charge in [0.2, 0.25) is 5.91 Å². The maximum atomic E-state index is 12.6. The Hall–Kier alpha value is -3.09. The number of nitrogens with one attached hydrogen (secondary N) is 1. The Kier molecular flexibility index (Phi) is 5.59. The van der Waals surface area contributed by atoms with Gasteiger partial charge in [-0.2, -0.15) is 0 Å². The Morgan fingerprint density at radius 3 is 2.63 bits per heavy atom. The van der Waals surface area contributed by atoms with Crippen molar-refractivity contribution in [1.29, 1.82) is 0 Å². The zero-order valence-corrected chi connectivity index (χ0v) is 15.2. The van der Waals surface area contributed by atoms with E-state index in [1.807, 2.05) is 36.4 Å².